The number of nitrogens with zero attached hydrogens (tertiary/aromatic N) is 4. The summed E-state index contributed by atoms with van der Waals surface area (Å²) in [6.07, 6.45) is 5.68. The van der Waals surface area contributed by atoms with Crippen molar-refractivity contribution in [3.63, 3.8) is 0 Å². The lowest BCUT2D eigenvalue weighted by Gasteiger charge is -2.20. The van der Waals surface area contributed by atoms with Crippen molar-refractivity contribution in [1.29, 1.82) is 0 Å². The number of rotatable bonds is 4. The zero-order valence-corrected chi connectivity index (χ0v) is 12.3. The van der Waals surface area contributed by atoms with Gasteiger partial charge >= 0.3 is 0 Å². The highest BCUT2D eigenvalue weighted by molar-refractivity contribution is 5.34. The fourth-order valence-corrected chi connectivity index (χ4v) is 3.33. The summed E-state index contributed by atoms with van der Waals surface area (Å²) in [5.41, 5.74) is 0. The van der Waals surface area contributed by atoms with Crippen molar-refractivity contribution in [1.82, 2.24) is 15.0 Å². The molecule has 0 aliphatic carbocycles. The van der Waals surface area contributed by atoms with Gasteiger partial charge in [-0.3, -0.25) is 0 Å². The molecular weight excluding hydrogens is 278 g/mol. The van der Waals surface area contributed by atoms with Gasteiger partial charge in [-0.05, 0) is 18.2 Å². The molecule has 1 N–H and O–H groups in total. The van der Waals surface area contributed by atoms with Gasteiger partial charge in [0.1, 0.15) is 5.82 Å². The second-order valence-corrected chi connectivity index (χ2v) is 5.85. The van der Waals surface area contributed by atoms with E-state index in [2.05, 4.69) is 25.2 Å². The highest BCUT2D eigenvalue weighted by Crippen LogP contribution is 2.34. The largest absolute Gasteiger partial charge is 0.376 e. The highest BCUT2D eigenvalue weighted by Gasteiger charge is 2.44. The Bertz CT molecular complexity index is 608. The average molecular weight is 297 g/mol. The van der Waals surface area contributed by atoms with Crippen molar-refractivity contribution in [3.8, 4) is 0 Å². The summed E-state index contributed by atoms with van der Waals surface area (Å²) in [5, 5.41) is 3.41. The van der Waals surface area contributed by atoms with Crippen LogP contribution in [0.3, 0.4) is 0 Å². The van der Waals surface area contributed by atoms with Crippen molar-refractivity contribution in [2.45, 2.75) is 6.10 Å². The molecule has 2 aliphatic rings. The van der Waals surface area contributed by atoms with Gasteiger partial charge in [-0.25, -0.2) is 15.0 Å². The molecule has 6 nitrogen and oxygen atoms in total. The van der Waals surface area contributed by atoms with Crippen LogP contribution in [0.15, 0.2) is 42.9 Å². The first-order valence-electron chi connectivity index (χ1n) is 7.68. The maximum absolute atomic E-state index is 5.97. The van der Waals surface area contributed by atoms with Crippen LogP contribution in [0, 0.1) is 11.8 Å². The van der Waals surface area contributed by atoms with E-state index in [1.54, 1.807) is 18.6 Å². The molecule has 0 radical (unpaired) electrons. The molecular formula is C16H19N5O. The topological polar surface area (TPSA) is 63.2 Å². The smallest absolute Gasteiger partial charge is 0.225 e. The third-order valence-electron chi connectivity index (χ3n) is 4.48. The van der Waals surface area contributed by atoms with Crippen molar-refractivity contribution >= 4 is 11.8 Å². The van der Waals surface area contributed by atoms with Gasteiger partial charge in [-0.15, -0.1) is 0 Å². The molecule has 2 aliphatic heterocycles. The van der Waals surface area contributed by atoms with Gasteiger partial charge in [0.05, 0.1) is 12.7 Å². The number of fused-ring (bicyclic) bond motifs is 1. The lowest BCUT2D eigenvalue weighted by atomic mass is 9.93. The van der Waals surface area contributed by atoms with Gasteiger partial charge in [0.15, 0.2) is 0 Å². The van der Waals surface area contributed by atoms with Crippen LogP contribution in [0.2, 0.25) is 0 Å². The fraction of sp³-hybridized carbons (Fsp3) is 0.438. The minimum absolute atomic E-state index is 0.291. The van der Waals surface area contributed by atoms with E-state index >= 15 is 0 Å². The van der Waals surface area contributed by atoms with E-state index < -0.39 is 0 Å². The second-order valence-electron chi connectivity index (χ2n) is 5.85. The van der Waals surface area contributed by atoms with E-state index in [4.69, 9.17) is 4.74 Å². The summed E-state index contributed by atoms with van der Waals surface area (Å²) in [4.78, 5) is 15.2. The maximum Gasteiger partial charge on any atom is 0.225 e. The summed E-state index contributed by atoms with van der Waals surface area (Å²) in [6.45, 7) is 3.55. The van der Waals surface area contributed by atoms with E-state index in [-0.39, 0.29) is 0 Å². The predicted molar refractivity (Wildman–Crippen MR) is 83.7 cm³/mol. The van der Waals surface area contributed by atoms with E-state index in [1.807, 2.05) is 24.3 Å². The van der Waals surface area contributed by atoms with Crippen LogP contribution in [-0.2, 0) is 4.74 Å². The molecule has 2 aromatic heterocycles. The van der Waals surface area contributed by atoms with Crippen molar-refractivity contribution in [2.24, 2.45) is 11.8 Å². The first kappa shape index (κ1) is 13.5. The van der Waals surface area contributed by atoms with E-state index in [0.29, 0.717) is 17.9 Å². The van der Waals surface area contributed by atoms with Crippen molar-refractivity contribution in [2.75, 3.05) is 36.5 Å². The molecule has 6 heteroatoms. The Morgan fingerprint density at radius 1 is 1.09 bits per heavy atom. The quantitative estimate of drug-likeness (QED) is 0.921. The molecule has 3 atom stereocenters. The van der Waals surface area contributed by atoms with Crippen LogP contribution in [0.25, 0.3) is 0 Å². The minimum atomic E-state index is 0.291. The van der Waals surface area contributed by atoms with Crippen LogP contribution in [0.1, 0.15) is 0 Å². The molecule has 0 aromatic carbocycles. The third-order valence-corrected chi connectivity index (χ3v) is 4.48. The molecule has 2 fully saturated rings. The number of pyridine rings is 1. The van der Waals surface area contributed by atoms with Gasteiger partial charge in [0.2, 0.25) is 5.95 Å². The molecule has 0 unspecified atom stereocenters. The number of hydrogen-bond acceptors (Lipinski definition) is 6. The fourth-order valence-electron chi connectivity index (χ4n) is 3.33. The minimum Gasteiger partial charge on any atom is -0.376 e. The summed E-state index contributed by atoms with van der Waals surface area (Å²) >= 11 is 0. The summed E-state index contributed by atoms with van der Waals surface area (Å²) in [5.74, 6) is 2.75. The molecule has 22 heavy (non-hydrogen) atoms. The molecule has 0 bridgehead atoms. The van der Waals surface area contributed by atoms with Crippen LogP contribution in [0.4, 0.5) is 11.8 Å². The normalized spacial score (nSPS) is 26.9. The Morgan fingerprint density at radius 2 is 1.95 bits per heavy atom. The highest BCUT2D eigenvalue weighted by atomic mass is 16.5. The lowest BCUT2D eigenvalue weighted by molar-refractivity contribution is 0.111. The SMILES string of the molecule is c1ccc(NC[C@@H]2CO[C@H]3CN(c4ncccn4)C[C@@H]23)nc1. The Balaban J connectivity index is 1.38. The van der Waals surface area contributed by atoms with Crippen LogP contribution >= 0.6 is 0 Å². The van der Waals surface area contributed by atoms with Crippen LogP contribution < -0.4 is 10.2 Å². The molecule has 2 aromatic rings. The van der Waals surface area contributed by atoms with Gasteiger partial charge in [0.25, 0.3) is 0 Å². The number of anilines is 2. The Morgan fingerprint density at radius 3 is 2.77 bits per heavy atom. The van der Waals surface area contributed by atoms with Crippen LogP contribution in [0.5, 0.6) is 0 Å². The summed E-state index contributed by atoms with van der Waals surface area (Å²) < 4.78 is 5.97. The van der Waals surface area contributed by atoms with E-state index in [0.717, 1.165) is 38.0 Å². The molecule has 4 rings (SSSR count). The molecule has 2 saturated heterocycles. The van der Waals surface area contributed by atoms with Crippen LogP contribution in [-0.4, -0.2) is 47.3 Å². The zero-order valence-electron chi connectivity index (χ0n) is 12.3. The molecule has 0 amide bonds. The first-order valence-corrected chi connectivity index (χ1v) is 7.68. The van der Waals surface area contributed by atoms with Gasteiger partial charge in [-0.2, -0.15) is 0 Å². The standard InChI is InChI=1S/C16H19N5O/c1-2-5-17-15(4-1)20-8-12-11-22-14-10-21(9-13(12)14)16-18-6-3-7-19-16/h1-7,12-14H,8-11H2,(H,17,20)/t12-,13+,14+/m1/s1. The van der Waals surface area contributed by atoms with E-state index in [1.165, 1.54) is 0 Å². The van der Waals surface area contributed by atoms with Gasteiger partial charge in [0, 0.05) is 50.1 Å². The zero-order chi connectivity index (χ0) is 14.8. The average Bonchev–Trinajstić information content (AvgIpc) is 3.16. The second kappa shape index (κ2) is 5.88. The van der Waals surface area contributed by atoms with Crippen molar-refractivity contribution < 1.29 is 4.74 Å². The molecule has 4 heterocycles. The summed E-state index contributed by atoms with van der Waals surface area (Å²) in [7, 11) is 0. The monoisotopic (exact) mass is 297 g/mol. The molecule has 114 valence electrons. The predicted octanol–water partition coefficient (Wildman–Crippen LogP) is 1.43. The number of nitrogens with one attached hydrogen (secondary N) is 1. The Labute approximate surface area is 129 Å². The summed E-state index contributed by atoms with van der Waals surface area (Å²) in [6, 6.07) is 7.75. The molecule has 0 saturated carbocycles. The first-order chi connectivity index (χ1) is 10.9. The van der Waals surface area contributed by atoms with Gasteiger partial charge in [-0.1, -0.05) is 6.07 Å². The van der Waals surface area contributed by atoms with E-state index in [9.17, 15) is 0 Å². The molecule has 0 spiro atoms. The van der Waals surface area contributed by atoms with Crippen molar-refractivity contribution in [3.05, 3.63) is 42.9 Å². The number of hydrogen-bond donors (Lipinski definition) is 1. The number of ether oxygens (including phenoxy) is 1. The Hall–Kier alpha value is -2.21. The lowest BCUT2D eigenvalue weighted by Crippen LogP contribution is -2.28. The maximum atomic E-state index is 5.97. The number of aromatic nitrogens is 3. The Kier molecular flexibility index (Phi) is 3.60. The third kappa shape index (κ3) is 2.62. The van der Waals surface area contributed by atoms with Gasteiger partial charge < -0.3 is 15.0 Å².